The van der Waals surface area contributed by atoms with Gasteiger partial charge in [-0.25, -0.2) is 0 Å². The molecule has 1 aliphatic rings. The second kappa shape index (κ2) is 7.53. The van der Waals surface area contributed by atoms with Gasteiger partial charge in [0.25, 0.3) is 0 Å². The molecule has 0 heterocycles. The van der Waals surface area contributed by atoms with Gasteiger partial charge in [0.1, 0.15) is 5.75 Å². The Morgan fingerprint density at radius 2 is 2.05 bits per heavy atom. The van der Waals surface area contributed by atoms with Crippen LogP contribution in [-0.4, -0.2) is 13.2 Å². The molecule has 2 rings (SSSR count). The monoisotopic (exact) mass is 315 g/mol. The average Bonchev–Trinajstić information content (AvgIpc) is 2.29. The molecule has 1 aromatic carbocycles. The highest BCUT2D eigenvalue weighted by Gasteiger charge is 2.19. The van der Waals surface area contributed by atoms with E-state index in [9.17, 15) is 0 Å². The molecule has 0 aliphatic heterocycles. The summed E-state index contributed by atoms with van der Waals surface area (Å²) in [5, 5.41) is 4.68. The number of halogens is 2. The van der Waals surface area contributed by atoms with Crippen molar-refractivity contribution < 1.29 is 4.74 Å². The zero-order valence-electron chi connectivity index (χ0n) is 12.2. The number of hydrogen-bond donors (Lipinski definition) is 1. The Bertz CT molecular complexity index is 444. The molecule has 4 heteroatoms. The molecule has 1 fully saturated rings. The highest BCUT2D eigenvalue weighted by molar-refractivity contribution is 6.35. The lowest BCUT2D eigenvalue weighted by Gasteiger charge is -2.26. The van der Waals surface area contributed by atoms with Crippen molar-refractivity contribution in [2.24, 2.45) is 11.8 Å². The van der Waals surface area contributed by atoms with E-state index in [4.69, 9.17) is 27.9 Å². The van der Waals surface area contributed by atoms with Gasteiger partial charge in [-0.2, -0.15) is 0 Å². The quantitative estimate of drug-likeness (QED) is 0.771. The Labute approximate surface area is 131 Å². The Morgan fingerprint density at radius 1 is 1.30 bits per heavy atom. The smallest absolute Gasteiger partial charge is 0.142 e. The van der Waals surface area contributed by atoms with Crippen molar-refractivity contribution >= 4 is 23.2 Å². The summed E-state index contributed by atoms with van der Waals surface area (Å²) in [5.74, 6) is 2.10. The fourth-order valence-corrected chi connectivity index (χ4v) is 2.85. The standard InChI is InChI=1S/C16H23Cl2NO/c1-11(2)8-19-9-13-6-14(17)7-15(18)16(13)20-10-12-4-3-5-12/h6-7,11-12,19H,3-5,8-10H2,1-2H3. The van der Waals surface area contributed by atoms with Gasteiger partial charge >= 0.3 is 0 Å². The first-order valence-corrected chi connectivity index (χ1v) is 8.13. The number of nitrogens with one attached hydrogen (secondary N) is 1. The molecule has 0 spiro atoms. The van der Waals surface area contributed by atoms with E-state index in [1.807, 2.05) is 6.07 Å². The molecular formula is C16H23Cl2NO. The van der Waals surface area contributed by atoms with E-state index in [1.54, 1.807) is 6.07 Å². The maximum atomic E-state index is 6.28. The number of benzene rings is 1. The Morgan fingerprint density at radius 3 is 2.65 bits per heavy atom. The number of rotatable bonds is 7. The summed E-state index contributed by atoms with van der Waals surface area (Å²) < 4.78 is 5.95. The minimum absolute atomic E-state index is 0.609. The van der Waals surface area contributed by atoms with E-state index >= 15 is 0 Å². The zero-order valence-corrected chi connectivity index (χ0v) is 13.7. The molecule has 1 saturated carbocycles. The Hall–Kier alpha value is -0.440. The van der Waals surface area contributed by atoms with Crippen molar-refractivity contribution in [1.29, 1.82) is 0 Å². The van der Waals surface area contributed by atoms with Crippen LogP contribution < -0.4 is 10.1 Å². The summed E-state index contributed by atoms with van der Waals surface area (Å²) in [4.78, 5) is 0. The van der Waals surface area contributed by atoms with Gasteiger partial charge in [0.05, 0.1) is 11.6 Å². The van der Waals surface area contributed by atoms with Crippen LogP contribution in [0.1, 0.15) is 38.7 Å². The molecule has 112 valence electrons. The number of hydrogen-bond acceptors (Lipinski definition) is 2. The molecule has 0 saturated heterocycles. The van der Waals surface area contributed by atoms with Crippen LogP contribution in [0.4, 0.5) is 0 Å². The van der Waals surface area contributed by atoms with Crippen LogP contribution in [0.3, 0.4) is 0 Å². The summed E-state index contributed by atoms with van der Waals surface area (Å²) in [7, 11) is 0. The van der Waals surface area contributed by atoms with E-state index in [0.717, 1.165) is 31.0 Å². The molecule has 0 atom stereocenters. The van der Waals surface area contributed by atoms with Crippen LogP contribution in [0.5, 0.6) is 5.75 Å². The van der Waals surface area contributed by atoms with Crippen LogP contribution in [-0.2, 0) is 6.54 Å². The molecule has 0 bridgehead atoms. The number of ether oxygens (including phenoxy) is 1. The van der Waals surface area contributed by atoms with Crippen molar-refractivity contribution in [1.82, 2.24) is 5.32 Å². The second-order valence-electron chi connectivity index (χ2n) is 6.01. The van der Waals surface area contributed by atoms with Gasteiger partial charge in [0.15, 0.2) is 0 Å². The van der Waals surface area contributed by atoms with E-state index < -0.39 is 0 Å². The molecule has 0 radical (unpaired) electrons. The SMILES string of the molecule is CC(C)CNCc1cc(Cl)cc(Cl)c1OCC1CCC1. The van der Waals surface area contributed by atoms with Gasteiger partial charge in [0, 0.05) is 17.1 Å². The van der Waals surface area contributed by atoms with Crippen LogP contribution in [0.25, 0.3) is 0 Å². The summed E-state index contributed by atoms with van der Waals surface area (Å²) in [6, 6.07) is 3.70. The van der Waals surface area contributed by atoms with Gasteiger partial charge < -0.3 is 10.1 Å². The largest absolute Gasteiger partial charge is 0.491 e. The van der Waals surface area contributed by atoms with Gasteiger partial charge in [-0.15, -0.1) is 0 Å². The maximum absolute atomic E-state index is 6.28. The summed E-state index contributed by atoms with van der Waals surface area (Å²) in [6.07, 6.45) is 3.86. The molecule has 2 nitrogen and oxygen atoms in total. The van der Waals surface area contributed by atoms with E-state index in [2.05, 4.69) is 19.2 Å². The first-order chi connectivity index (χ1) is 9.56. The highest BCUT2D eigenvalue weighted by Crippen LogP contribution is 2.34. The second-order valence-corrected chi connectivity index (χ2v) is 6.85. The molecular weight excluding hydrogens is 293 g/mol. The third kappa shape index (κ3) is 4.54. The molecule has 0 amide bonds. The topological polar surface area (TPSA) is 21.3 Å². The third-order valence-corrected chi connectivity index (χ3v) is 4.14. The van der Waals surface area contributed by atoms with Crippen molar-refractivity contribution in [3.8, 4) is 5.75 Å². The van der Waals surface area contributed by atoms with Crippen LogP contribution in [0.15, 0.2) is 12.1 Å². The predicted octanol–water partition coefficient (Wildman–Crippen LogP) is 4.92. The molecule has 0 aromatic heterocycles. The van der Waals surface area contributed by atoms with Crippen molar-refractivity contribution in [2.75, 3.05) is 13.2 Å². The van der Waals surface area contributed by atoms with E-state index in [0.29, 0.717) is 21.9 Å². The maximum Gasteiger partial charge on any atom is 0.142 e. The van der Waals surface area contributed by atoms with Crippen LogP contribution in [0, 0.1) is 11.8 Å². The molecule has 0 unspecified atom stereocenters. The highest BCUT2D eigenvalue weighted by atomic mass is 35.5. The Balaban J connectivity index is 2.01. The van der Waals surface area contributed by atoms with Gasteiger partial charge in [-0.3, -0.25) is 0 Å². The fraction of sp³-hybridized carbons (Fsp3) is 0.625. The minimum atomic E-state index is 0.609. The lowest BCUT2D eigenvalue weighted by molar-refractivity contribution is 0.179. The lowest BCUT2D eigenvalue weighted by Crippen LogP contribution is -2.22. The van der Waals surface area contributed by atoms with E-state index in [1.165, 1.54) is 19.3 Å². The van der Waals surface area contributed by atoms with Crippen molar-refractivity contribution in [3.05, 3.63) is 27.7 Å². The van der Waals surface area contributed by atoms with Crippen molar-refractivity contribution in [2.45, 2.75) is 39.7 Å². The molecule has 1 N–H and O–H groups in total. The van der Waals surface area contributed by atoms with Crippen molar-refractivity contribution in [3.63, 3.8) is 0 Å². The molecule has 1 aromatic rings. The van der Waals surface area contributed by atoms with Gasteiger partial charge in [0.2, 0.25) is 0 Å². The normalized spacial score (nSPS) is 15.4. The average molecular weight is 316 g/mol. The van der Waals surface area contributed by atoms with Gasteiger partial charge in [-0.05, 0) is 43.4 Å². The third-order valence-electron chi connectivity index (χ3n) is 3.64. The van der Waals surface area contributed by atoms with Gasteiger partial charge in [-0.1, -0.05) is 43.5 Å². The first-order valence-electron chi connectivity index (χ1n) is 7.37. The zero-order chi connectivity index (χ0) is 14.5. The summed E-state index contributed by atoms with van der Waals surface area (Å²) >= 11 is 12.4. The lowest BCUT2D eigenvalue weighted by atomic mass is 9.86. The fourth-order valence-electron chi connectivity index (χ4n) is 2.26. The Kier molecular flexibility index (Phi) is 6.01. The minimum Gasteiger partial charge on any atom is -0.491 e. The van der Waals surface area contributed by atoms with E-state index in [-0.39, 0.29) is 0 Å². The summed E-state index contributed by atoms with van der Waals surface area (Å²) in [5.41, 5.74) is 1.04. The summed E-state index contributed by atoms with van der Waals surface area (Å²) in [6.45, 7) is 6.83. The molecule has 1 aliphatic carbocycles. The van der Waals surface area contributed by atoms with Crippen LogP contribution >= 0.6 is 23.2 Å². The predicted molar refractivity (Wildman–Crippen MR) is 85.8 cm³/mol. The molecule has 20 heavy (non-hydrogen) atoms. The van der Waals surface area contributed by atoms with Crippen LogP contribution in [0.2, 0.25) is 10.0 Å². The first kappa shape index (κ1) is 15.9.